The van der Waals surface area contributed by atoms with Crippen LogP contribution in [0.15, 0.2) is 12.3 Å². The fourth-order valence-electron chi connectivity index (χ4n) is 2.92. The van der Waals surface area contributed by atoms with Crippen molar-refractivity contribution in [3.05, 3.63) is 12.3 Å². The van der Waals surface area contributed by atoms with Crippen molar-refractivity contribution in [3.8, 4) is 21.5 Å². The molecule has 2 aromatic rings. The molecule has 1 saturated heterocycles. The van der Waals surface area contributed by atoms with Gasteiger partial charge in [-0.1, -0.05) is 11.3 Å². The van der Waals surface area contributed by atoms with Crippen molar-refractivity contribution in [2.24, 2.45) is 5.73 Å². The maximum Gasteiger partial charge on any atom is 0.416 e. The van der Waals surface area contributed by atoms with Crippen LogP contribution in [-0.4, -0.2) is 53.3 Å². The summed E-state index contributed by atoms with van der Waals surface area (Å²) >= 11 is 1.18. The number of nitrogens with zero attached hydrogens (tertiary/aromatic N) is 3. The number of carbonyl (C=O) groups is 2. The zero-order chi connectivity index (χ0) is 20.0. The Hall–Kier alpha value is -2.89. The summed E-state index contributed by atoms with van der Waals surface area (Å²) in [7, 11) is 0. The third-order valence-electron chi connectivity index (χ3n) is 4.37. The van der Waals surface area contributed by atoms with Crippen LogP contribution in [0.3, 0.4) is 0 Å². The van der Waals surface area contributed by atoms with Crippen LogP contribution in [-0.2, 0) is 16.1 Å². The molecule has 2 aliphatic heterocycles. The van der Waals surface area contributed by atoms with Crippen LogP contribution < -0.4 is 20.1 Å². The van der Waals surface area contributed by atoms with Crippen molar-refractivity contribution in [1.82, 2.24) is 9.55 Å². The first-order valence-electron chi connectivity index (χ1n) is 8.39. The summed E-state index contributed by atoms with van der Waals surface area (Å²) in [5.74, 6) is 0.402. The van der Waals surface area contributed by atoms with Crippen molar-refractivity contribution in [3.63, 3.8) is 0 Å². The van der Waals surface area contributed by atoms with E-state index in [0.29, 0.717) is 34.7 Å². The molecule has 1 fully saturated rings. The Morgan fingerprint density at radius 3 is 2.96 bits per heavy atom. The zero-order valence-corrected chi connectivity index (χ0v) is 15.4. The quantitative estimate of drug-likeness (QED) is 0.800. The summed E-state index contributed by atoms with van der Waals surface area (Å²) in [6, 6.07) is 0.233. The highest BCUT2D eigenvalue weighted by Gasteiger charge is 2.42. The molecule has 28 heavy (non-hydrogen) atoms. The predicted molar refractivity (Wildman–Crippen MR) is 93.9 cm³/mol. The Balaban J connectivity index is 1.69. The maximum absolute atomic E-state index is 13.2. The van der Waals surface area contributed by atoms with Crippen LogP contribution in [0, 0.1) is 0 Å². The first-order valence-corrected chi connectivity index (χ1v) is 9.21. The Bertz CT molecular complexity index is 930. The number of cyclic esters (lactones) is 1. The van der Waals surface area contributed by atoms with Crippen LogP contribution in [0.2, 0.25) is 0 Å². The van der Waals surface area contributed by atoms with Crippen molar-refractivity contribution in [2.75, 3.05) is 18.1 Å². The highest BCUT2D eigenvalue weighted by atomic mass is 32.1. The number of rotatable bonds is 5. The summed E-state index contributed by atoms with van der Waals surface area (Å²) in [5, 5.41) is 0.403. The van der Waals surface area contributed by atoms with Crippen molar-refractivity contribution < 1.29 is 32.6 Å². The highest BCUT2D eigenvalue weighted by molar-refractivity contribution is 7.17. The van der Waals surface area contributed by atoms with Crippen LogP contribution in [0.25, 0.3) is 10.7 Å². The molecular formula is C16H16F2N4O5S. The summed E-state index contributed by atoms with van der Waals surface area (Å²) in [6.45, 7) is 1.85. The number of hydrogen-bond donors (Lipinski definition) is 1. The van der Waals surface area contributed by atoms with E-state index in [1.54, 1.807) is 10.6 Å². The molecule has 1 unspecified atom stereocenters. The minimum Gasteiger partial charge on any atom is -0.490 e. The Labute approximate surface area is 161 Å². The van der Waals surface area contributed by atoms with Crippen molar-refractivity contribution in [1.29, 1.82) is 0 Å². The average molecular weight is 414 g/mol. The molecule has 2 atom stereocenters. The number of amides is 2. The molecule has 4 rings (SSSR count). The van der Waals surface area contributed by atoms with Crippen LogP contribution in [0.5, 0.6) is 10.8 Å². The first kappa shape index (κ1) is 18.5. The lowest BCUT2D eigenvalue weighted by Gasteiger charge is -2.17. The molecule has 150 valence electrons. The van der Waals surface area contributed by atoms with E-state index in [4.69, 9.17) is 19.9 Å². The van der Waals surface area contributed by atoms with E-state index >= 15 is 0 Å². The van der Waals surface area contributed by atoms with Gasteiger partial charge in [-0.15, -0.1) is 0 Å². The molecule has 0 bridgehead atoms. The second-order valence-electron chi connectivity index (χ2n) is 6.23. The van der Waals surface area contributed by atoms with E-state index in [9.17, 15) is 18.4 Å². The Morgan fingerprint density at radius 1 is 1.46 bits per heavy atom. The number of ether oxygens (including phenoxy) is 3. The SMILES string of the molecule is CC(Oc1cc2c(s1)-c1nc(N3C(=O)OC[C@H]3C(F)F)cn1CCO2)C(N)=O. The summed E-state index contributed by atoms with van der Waals surface area (Å²) in [5.41, 5.74) is 5.21. The van der Waals surface area contributed by atoms with Crippen molar-refractivity contribution >= 4 is 29.2 Å². The van der Waals surface area contributed by atoms with Gasteiger partial charge in [0.05, 0.1) is 6.54 Å². The van der Waals surface area contributed by atoms with E-state index < -0.39 is 37.2 Å². The minimum absolute atomic E-state index is 0.0806. The largest absolute Gasteiger partial charge is 0.490 e. The van der Waals surface area contributed by atoms with E-state index in [1.165, 1.54) is 24.5 Å². The Morgan fingerprint density at radius 2 is 2.25 bits per heavy atom. The first-order chi connectivity index (χ1) is 13.3. The number of imidazole rings is 1. The van der Waals surface area contributed by atoms with Gasteiger partial charge in [0.2, 0.25) is 0 Å². The summed E-state index contributed by atoms with van der Waals surface area (Å²) in [4.78, 5) is 29.0. The van der Waals surface area contributed by atoms with Gasteiger partial charge in [0.25, 0.3) is 12.3 Å². The monoisotopic (exact) mass is 414 g/mol. The molecule has 0 radical (unpaired) electrons. The molecule has 0 spiro atoms. The number of carbonyl (C=O) groups excluding carboxylic acids is 2. The summed E-state index contributed by atoms with van der Waals surface area (Å²) in [6.07, 6.45) is -2.93. The lowest BCUT2D eigenvalue weighted by molar-refractivity contribution is -0.123. The third kappa shape index (κ3) is 3.13. The number of fused-ring (bicyclic) bond motifs is 3. The number of primary amides is 1. The standard InChI is InChI=1S/C16H16F2N4O5S/c1-7(14(19)23)27-11-4-9-12(28-11)15-20-10(5-21(15)2-3-25-9)22-8(13(17)18)6-26-16(22)24/h4-5,7-8,13H,2-3,6H2,1H3,(H2,19,23)/t7?,8-/m0/s1. The summed E-state index contributed by atoms with van der Waals surface area (Å²) < 4.78 is 44.2. The van der Waals surface area contributed by atoms with Gasteiger partial charge in [-0.3, -0.25) is 4.79 Å². The topological polar surface area (TPSA) is 109 Å². The number of alkyl halides is 2. The van der Waals surface area contributed by atoms with Gasteiger partial charge in [-0.25, -0.2) is 23.5 Å². The normalized spacial score (nSPS) is 19.5. The number of thiophene rings is 1. The second-order valence-corrected chi connectivity index (χ2v) is 7.25. The molecule has 4 heterocycles. The number of hydrogen-bond acceptors (Lipinski definition) is 7. The van der Waals surface area contributed by atoms with E-state index in [0.717, 1.165) is 4.90 Å². The average Bonchev–Trinajstić information content (AvgIpc) is 3.30. The lowest BCUT2D eigenvalue weighted by Crippen LogP contribution is -2.38. The fourth-order valence-corrected chi connectivity index (χ4v) is 3.95. The molecule has 0 aliphatic carbocycles. The van der Waals surface area contributed by atoms with E-state index in [-0.39, 0.29) is 5.82 Å². The van der Waals surface area contributed by atoms with Gasteiger partial charge in [0.15, 0.2) is 22.8 Å². The van der Waals surface area contributed by atoms with Gasteiger partial charge in [-0.2, -0.15) is 0 Å². The van der Waals surface area contributed by atoms with Crippen LogP contribution in [0.4, 0.5) is 19.4 Å². The van der Waals surface area contributed by atoms with Gasteiger partial charge in [0.1, 0.15) is 29.9 Å². The third-order valence-corrected chi connectivity index (χ3v) is 5.37. The predicted octanol–water partition coefficient (Wildman–Crippen LogP) is 1.85. The fraction of sp³-hybridized carbons (Fsp3) is 0.438. The number of aromatic nitrogens is 2. The lowest BCUT2D eigenvalue weighted by atomic mass is 10.3. The van der Waals surface area contributed by atoms with Crippen molar-refractivity contribution in [2.45, 2.75) is 32.0 Å². The number of anilines is 1. The zero-order valence-electron chi connectivity index (χ0n) is 14.6. The van der Waals surface area contributed by atoms with E-state index in [1.807, 2.05) is 0 Å². The minimum atomic E-state index is -2.76. The van der Waals surface area contributed by atoms with Gasteiger partial charge in [-0.05, 0) is 6.92 Å². The van der Waals surface area contributed by atoms with Crippen LogP contribution in [0.1, 0.15) is 6.92 Å². The molecule has 9 nitrogen and oxygen atoms in total. The number of nitrogens with two attached hydrogens (primary N) is 1. The molecule has 0 saturated carbocycles. The second kappa shape index (κ2) is 6.93. The van der Waals surface area contributed by atoms with Gasteiger partial charge >= 0.3 is 6.09 Å². The molecule has 0 aromatic carbocycles. The number of halogens is 2. The van der Waals surface area contributed by atoms with Gasteiger partial charge in [0, 0.05) is 12.3 Å². The molecular weight excluding hydrogens is 398 g/mol. The molecule has 2 aliphatic rings. The Kier molecular flexibility index (Phi) is 4.57. The maximum atomic E-state index is 13.2. The smallest absolute Gasteiger partial charge is 0.416 e. The molecule has 2 aromatic heterocycles. The van der Waals surface area contributed by atoms with E-state index in [2.05, 4.69) is 4.98 Å². The molecule has 2 N–H and O–H groups in total. The highest BCUT2D eigenvalue weighted by Crippen LogP contribution is 2.44. The van der Waals surface area contributed by atoms with Gasteiger partial charge < -0.3 is 24.5 Å². The molecule has 12 heteroatoms. The van der Waals surface area contributed by atoms with Crippen LogP contribution >= 0.6 is 11.3 Å². The molecule has 2 amide bonds.